The van der Waals surface area contributed by atoms with E-state index in [2.05, 4.69) is 10.3 Å². The van der Waals surface area contributed by atoms with Crippen molar-refractivity contribution in [2.45, 2.75) is 26.7 Å². The summed E-state index contributed by atoms with van der Waals surface area (Å²) in [6.07, 6.45) is 1.25. The number of pyridine rings is 1. The number of hydrogen-bond donors (Lipinski definition) is 1. The van der Waals surface area contributed by atoms with Crippen LogP contribution in [0.15, 0.2) is 12.1 Å². The van der Waals surface area contributed by atoms with Gasteiger partial charge >= 0.3 is 5.69 Å². The van der Waals surface area contributed by atoms with Crippen LogP contribution in [0, 0.1) is 21.4 Å². The molecule has 0 spiro atoms. The molecule has 1 N–H and O–H groups in total. The van der Waals surface area contributed by atoms with Gasteiger partial charge in [0, 0.05) is 25.7 Å². The van der Waals surface area contributed by atoms with E-state index < -0.39 is 4.92 Å². The molecule has 0 saturated carbocycles. The summed E-state index contributed by atoms with van der Waals surface area (Å²) in [5, 5.41) is 22.9. The Hall–Kier alpha value is -2.36. The van der Waals surface area contributed by atoms with Crippen LogP contribution in [0.1, 0.15) is 26.7 Å². The highest BCUT2D eigenvalue weighted by molar-refractivity contribution is 5.61. The van der Waals surface area contributed by atoms with Crippen LogP contribution in [0.3, 0.4) is 0 Å². The number of nitrogens with one attached hydrogen (secondary N) is 1. The van der Waals surface area contributed by atoms with Crippen LogP contribution in [0.5, 0.6) is 0 Å². The van der Waals surface area contributed by atoms with Crippen LogP contribution in [0.4, 0.5) is 17.3 Å². The summed E-state index contributed by atoms with van der Waals surface area (Å²) in [6.45, 7) is 5.67. The first kappa shape index (κ1) is 15.7. The zero-order valence-corrected chi connectivity index (χ0v) is 11.8. The molecule has 108 valence electrons. The van der Waals surface area contributed by atoms with Crippen molar-refractivity contribution < 1.29 is 4.92 Å². The Bertz CT molecular complexity index is 498. The molecule has 1 heterocycles. The second-order valence-electron chi connectivity index (χ2n) is 4.21. The van der Waals surface area contributed by atoms with Gasteiger partial charge in [0.25, 0.3) is 0 Å². The average molecular weight is 277 g/mol. The second-order valence-corrected chi connectivity index (χ2v) is 4.21. The van der Waals surface area contributed by atoms with E-state index in [0.29, 0.717) is 31.1 Å². The van der Waals surface area contributed by atoms with Crippen molar-refractivity contribution in [1.82, 2.24) is 4.98 Å². The fraction of sp³-hybridized carbons (Fsp3) is 0.538. The van der Waals surface area contributed by atoms with Gasteiger partial charge < -0.3 is 10.2 Å². The predicted octanol–water partition coefficient (Wildman–Crippen LogP) is 2.55. The normalized spacial score (nSPS) is 9.85. The third-order valence-electron chi connectivity index (χ3n) is 2.78. The number of anilines is 2. The molecule has 1 aromatic rings. The zero-order valence-electron chi connectivity index (χ0n) is 11.8. The highest BCUT2D eigenvalue weighted by Gasteiger charge is 2.20. The molecular weight excluding hydrogens is 258 g/mol. The largest absolute Gasteiger partial charge is 0.370 e. The smallest absolute Gasteiger partial charge is 0.311 e. The van der Waals surface area contributed by atoms with Gasteiger partial charge in [0.1, 0.15) is 5.82 Å². The molecule has 1 rings (SSSR count). The molecule has 0 unspecified atom stereocenters. The van der Waals surface area contributed by atoms with Crippen LogP contribution in [0.2, 0.25) is 0 Å². The van der Waals surface area contributed by atoms with Crippen molar-refractivity contribution in [2.75, 3.05) is 29.9 Å². The van der Waals surface area contributed by atoms with Crippen LogP contribution in [-0.4, -0.2) is 29.5 Å². The van der Waals surface area contributed by atoms with Gasteiger partial charge in [-0.3, -0.25) is 10.1 Å². The van der Waals surface area contributed by atoms with Crippen molar-refractivity contribution in [2.24, 2.45) is 0 Å². The monoisotopic (exact) mass is 277 g/mol. The fourth-order valence-corrected chi connectivity index (χ4v) is 1.77. The summed E-state index contributed by atoms with van der Waals surface area (Å²) in [6, 6.07) is 5.11. The van der Waals surface area contributed by atoms with Crippen molar-refractivity contribution in [3.05, 3.63) is 22.2 Å². The molecule has 0 radical (unpaired) electrons. The maximum Gasteiger partial charge on any atom is 0.311 e. The maximum absolute atomic E-state index is 11.1. The minimum Gasteiger partial charge on any atom is -0.370 e. The number of hydrogen-bond acceptors (Lipinski definition) is 6. The van der Waals surface area contributed by atoms with Crippen molar-refractivity contribution in [3.8, 4) is 6.07 Å². The first-order valence-electron chi connectivity index (χ1n) is 6.65. The first-order valence-corrected chi connectivity index (χ1v) is 6.65. The molecule has 7 nitrogen and oxygen atoms in total. The number of rotatable bonds is 8. The summed E-state index contributed by atoms with van der Waals surface area (Å²) in [5.41, 5.74) is -0.0353. The second kappa shape index (κ2) is 7.94. The lowest BCUT2D eigenvalue weighted by Crippen LogP contribution is -2.26. The topological polar surface area (TPSA) is 95.1 Å². The Kier molecular flexibility index (Phi) is 6.23. The highest BCUT2D eigenvalue weighted by atomic mass is 16.6. The van der Waals surface area contributed by atoms with Gasteiger partial charge in [0.2, 0.25) is 5.82 Å². The van der Waals surface area contributed by atoms with E-state index in [1.807, 2.05) is 19.9 Å². The number of nitrogens with zero attached hydrogens (tertiary/aromatic N) is 4. The number of aromatic nitrogens is 1. The molecule has 20 heavy (non-hydrogen) atoms. The third-order valence-corrected chi connectivity index (χ3v) is 2.78. The Morgan fingerprint density at radius 2 is 2.25 bits per heavy atom. The van der Waals surface area contributed by atoms with Crippen molar-refractivity contribution in [1.29, 1.82) is 5.26 Å². The quantitative estimate of drug-likeness (QED) is 0.579. The van der Waals surface area contributed by atoms with E-state index in [1.54, 1.807) is 11.0 Å². The molecule has 0 aliphatic rings. The van der Waals surface area contributed by atoms with Crippen molar-refractivity contribution >= 4 is 17.3 Å². The summed E-state index contributed by atoms with van der Waals surface area (Å²) in [5.74, 6) is 0.928. The molecule has 0 aliphatic heterocycles. The molecule has 0 bridgehead atoms. The van der Waals surface area contributed by atoms with Gasteiger partial charge in [0.15, 0.2) is 0 Å². The highest BCUT2D eigenvalue weighted by Crippen LogP contribution is 2.27. The SMILES string of the molecule is CCCNc1ccc([N+](=O)[O-])c(N(CC)CCC#N)n1. The molecule has 0 aromatic carbocycles. The minimum absolute atomic E-state index is 0.0353. The van der Waals surface area contributed by atoms with Crippen molar-refractivity contribution in [3.63, 3.8) is 0 Å². The van der Waals surface area contributed by atoms with Gasteiger partial charge in [-0.05, 0) is 19.4 Å². The molecule has 0 aliphatic carbocycles. The van der Waals surface area contributed by atoms with E-state index in [4.69, 9.17) is 5.26 Å². The molecule has 7 heteroatoms. The van der Waals surface area contributed by atoms with Crippen LogP contribution >= 0.6 is 0 Å². The third kappa shape index (κ3) is 4.09. The van der Waals surface area contributed by atoms with Crippen LogP contribution < -0.4 is 10.2 Å². The molecule has 0 amide bonds. The maximum atomic E-state index is 11.1. The molecular formula is C13H19N5O2. The van der Waals surface area contributed by atoms with Gasteiger partial charge in [-0.1, -0.05) is 6.92 Å². The summed E-state index contributed by atoms with van der Waals surface area (Å²) < 4.78 is 0. The zero-order chi connectivity index (χ0) is 15.0. The standard InChI is InChI=1S/C13H19N5O2/c1-3-9-15-12-7-6-11(18(19)20)13(16-12)17(4-2)10-5-8-14/h6-7H,3-5,9-10H2,1-2H3,(H,15,16). The molecule has 0 fully saturated rings. The van der Waals surface area contributed by atoms with Gasteiger partial charge in [-0.25, -0.2) is 4.98 Å². The van der Waals surface area contributed by atoms with E-state index in [-0.39, 0.29) is 5.69 Å². The first-order chi connectivity index (χ1) is 9.63. The minimum atomic E-state index is -0.443. The van der Waals surface area contributed by atoms with Gasteiger partial charge in [-0.15, -0.1) is 0 Å². The lowest BCUT2D eigenvalue weighted by molar-refractivity contribution is -0.384. The lowest BCUT2D eigenvalue weighted by Gasteiger charge is -2.21. The molecule has 0 atom stereocenters. The van der Waals surface area contributed by atoms with Crippen LogP contribution in [-0.2, 0) is 0 Å². The Labute approximate surface area is 118 Å². The Balaban J connectivity index is 3.09. The Morgan fingerprint density at radius 1 is 1.50 bits per heavy atom. The summed E-state index contributed by atoms with van der Waals surface area (Å²) in [7, 11) is 0. The van der Waals surface area contributed by atoms with E-state index >= 15 is 0 Å². The number of nitro groups is 1. The fourth-order valence-electron chi connectivity index (χ4n) is 1.77. The number of nitriles is 1. The molecule has 0 saturated heterocycles. The van der Waals surface area contributed by atoms with E-state index in [9.17, 15) is 10.1 Å². The summed E-state index contributed by atoms with van der Waals surface area (Å²) >= 11 is 0. The Morgan fingerprint density at radius 3 is 2.80 bits per heavy atom. The molecule has 1 aromatic heterocycles. The predicted molar refractivity (Wildman–Crippen MR) is 77.8 cm³/mol. The van der Waals surface area contributed by atoms with Crippen LogP contribution in [0.25, 0.3) is 0 Å². The van der Waals surface area contributed by atoms with Gasteiger partial charge in [-0.2, -0.15) is 5.26 Å². The van der Waals surface area contributed by atoms with Gasteiger partial charge in [0.05, 0.1) is 17.4 Å². The summed E-state index contributed by atoms with van der Waals surface area (Å²) in [4.78, 5) is 16.7. The average Bonchev–Trinajstić information content (AvgIpc) is 2.45. The van der Waals surface area contributed by atoms with E-state index in [1.165, 1.54) is 6.07 Å². The lowest BCUT2D eigenvalue weighted by atomic mass is 10.3. The van der Waals surface area contributed by atoms with E-state index in [0.717, 1.165) is 13.0 Å².